The Labute approximate surface area is 119 Å². The molecule has 0 saturated carbocycles. The van der Waals surface area contributed by atoms with Crippen molar-refractivity contribution < 1.29 is 9.26 Å². The molecular weight excluding hydrogens is 254 g/mol. The van der Waals surface area contributed by atoms with Gasteiger partial charge < -0.3 is 15.0 Å². The summed E-state index contributed by atoms with van der Waals surface area (Å²) in [7, 11) is 0. The minimum atomic E-state index is -0.0779. The van der Waals surface area contributed by atoms with Crippen molar-refractivity contribution in [2.75, 3.05) is 0 Å². The van der Waals surface area contributed by atoms with Crippen LogP contribution in [0.1, 0.15) is 49.2 Å². The van der Waals surface area contributed by atoms with Crippen molar-refractivity contribution in [2.45, 2.75) is 46.3 Å². The molecule has 0 aliphatic carbocycles. The molecule has 0 fully saturated rings. The number of aromatic nitrogens is 2. The van der Waals surface area contributed by atoms with E-state index in [2.05, 4.69) is 17.1 Å². The Morgan fingerprint density at radius 1 is 1.40 bits per heavy atom. The van der Waals surface area contributed by atoms with Crippen LogP contribution in [0.5, 0.6) is 5.75 Å². The lowest BCUT2D eigenvalue weighted by atomic mass is 10.1. The fourth-order valence-electron chi connectivity index (χ4n) is 1.96. The van der Waals surface area contributed by atoms with E-state index in [4.69, 9.17) is 15.0 Å². The minimum Gasteiger partial charge on any atom is -0.485 e. The average molecular weight is 275 g/mol. The van der Waals surface area contributed by atoms with Crippen LogP contribution in [0, 0.1) is 6.92 Å². The van der Waals surface area contributed by atoms with Crippen LogP contribution in [-0.2, 0) is 13.0 Å². The van der Waals surface area contributed by atoms with E-state index in [-0.39, 0.29) is 12.6 Å². The Hall–Kier alpha value is -1.88. The first kappa shape index (κ1) is 14.5. The molecule has 1 atom stereocenters. The number of hydrogen-bond acceptors (Lipinski definition) is 5. The third kappa shape index (κ3) is 3.57. The molecular formula is C15H21N3O2. The molecule has 1 aromatic carbocycles. The highest BCUT2D eigenvalue weighted by atomic mass is 16.5. The third-order valence-corrected chi connectivity index (χ3v) is 2.99. The van der Waals surface area contributed by atoms with Gasteiger partial charge in [-0.05, 0) is 26.3 Å². The zero-order valence-electron chi connectivity index (χ0n) is 12.2. The molecule has 0 saturated heterocycles. The summed E-state index contributed by atoms with van der Waals surface area (Å²) in [5, 5.41) is 3.90. The number of hydrogen-bond donors (Lipinski definition) is 1. The first-order valence-electron chi connectivity index (χ1n) is 6.90. The average Bonchev–Trinajstić information content (AvgIpc) is 2.85. The van der Waals surface area contributed by atoms with Crippen LogP contribution >= 0.6 is 0 Å². The fourth-order valence-corrected chi connectivity index (χ4v) is 1.96. The summed E-state index contributed by atoms with van der Waals surface area (Å²) in [6.07, 6.45) is 1.78. The molecule has 1 unspecified atom stereocenters. The third-order valence-electron chi connectivity index (χ3n) is 2.99. The van der Waals surface area contributed by atoms with Crippen molar-refractivity contribution in [1.82, 2.24) is 10.1 Å². The monoisotopic (exact) mass is 275 g/mol. The standard InChI is InChI=1S/C15H21N3O2/c1-4-5-15-17-14(18-20-15)9-19-13-7-6-10(2)8-12(13)11(3)16/h6-8,11H,4-5,9,16H2,1-3H3. The molecule has 2 rings (SSSR count). The Bertz CT molecular complexity index is 564. The van der Waals surface area contributed by atoms with Gasteiger partial charge in [0, 0.05) is 18.0 Å². The predicted octanol–water partition coefficient (Wildman–Crippen LogP) is 2.93. The molecule has 5 heteroatoms. The van der Waals surface area contributed by atoms with Crippen LogP contribution < -0.4 is 10.5 Å². The van der Waals surface area contributed by atoms with Crippen molar-refractivity contribution in [3.63, 3.8) is 0 Å². The quantitative estimate of drug-likeness (QED) is 0.877. The van der Waals surface area contributed by atoms with Gasteiger partial charge in [-0.3, -0.25) is 0 Å². The molecule has 0 spiro atoms. The van der Waals surface area contributed by atoms with Crippen molar-refractivity contribution >= 4 is 0 Å². The lowest BCUT2D eigenvalue weighted by Crippen LogP contribution is -2.09. The lowest BCUT2D eigenvalue weighted by molar-refractivity contribution is 0.281. The van der Waals surface area contributed by atoms with Gasteiger partial charge in [0.05, 0.1) is 0 Å². The van der Waals surface area contributed by atoms with Gasteiger partial charge in [0.1, 0.15) is 5.75 Å². The second-order valence-electron chi connectivity index (χ2n) is 4.97. The zero-order chi connectivity index (χ0) is 14.5. The van der Waals surface area contributed by atoms with Crippen molar-refractivity contribution in [2.24, 2.45) is 5.73 Å². The highest BCUT2D eigenvalue weighted by molar-refractivity contribution is 5.38. The number of nitrogens with zero attached hydrogens (tertiary/aromatic N) is 2. The molecule has 5 nitrogen and oxygen atoms in total. The van der Waals surface area contributed by atoms with Gasteiger partial charge in [-0.15, -0.1) is 0 Å². The Morgan fingerprint density at radius 3 is 2.90 bits per heavy atom. The minimum absolute atomic E-state index is 0.0779. The van der Waals surface area contributed by atoms with Crippen LogP contribution in [0.25, 0.3) is 0 Å². The number of nitrogens with two attached hydrogens (primary N) is 1. The molecule has 1 aromatic heterocycles. The van der Waals surface area contributed by atoms with Gasteiger partial charge in [-0.25, -0.2) is 0 Å². The van der Waals surface area contributed by atoms with E-state index in [1.807, 2.05) is 32.0 Å². The first-order chi connectivity index (χ1) is 9.60. The molecule has 0 bridgehead atoms. The van der Waals surface area contributed by atoms with Crippen LogP contribution in [-0.4, -0.2) is 10.1 Å². The number of benzene rings is 1. The van der Waals surface area contributed by atoms with Gasteiger partial charge >= 0.3 is 0 Å². The normalized spacial score (nSPS) is 12.4. The Morgan fingerprint density at radius 2 is 2.20 bits per heavy atom. The highest BCUT2D eigenvalue weighted by Gasteiger charge is 2.11. The van der Waals surface area contributed by atoms with Crippen LogP contribution in [0.3, 0.4) is 0 Å². The van der Waals surface area contributed by atoms with E-state index in [1.165, 1.54) is 0 Å². The van der Waals surface area contributed by atoms with Gasteiger partial charge in [0.25, 0.3) is 0 Å². The largest absolute Gasteiger partial charge is 0.485 e. The van der Waals surface area contributed by atoms with Crippen LogP contribution in [0.15, 0.2) is 22.7 Å². The topological polar surface area (TPSA) is 74.2 Å². The maximum absolute atomic E-state index is 5.97. The second kappa shape index (κ2) is 6.52. The summed E-state index contributed by atoms with van der Waals surface area (Å²) in [5.41, 5.74) is 8.12. The molecule has 108 valence electrons. The van der Waals surface area contributed by atoms with Gasteiger partial charge in [-0.2, -0.15) is 4.98 Å². The summed E-state index contributed by atoms with van der Waals surface area (Å²) in [5.74, 6) is 1.99. The number of ether oxygens (including phenoxy) is 1. The maximum atomic E-state index is 5.97. The summed E-state index contributed by atoms with van der Waals surface area (Å²) >= 11 is 0. The second-order valence-corrected chi connectivity index (χ2v) is 4.97. The van der Waals surface area contributed by atoms with Gasteiger partial charge in [-0.1, -0.05) is 29.8 Å². The van der Waals surface area contributed by atoms with E-state index in [0.29, 0.717) is 11.7 Å². The van der Waals surface area contributed by atoms with E-state index in [9.17, 15) is 0 Å². The van der Waals surface area contributed by atoms with E-state index >= 15 is 0 Å². The molecule has 0 amide bonds. The lowest BCUT2D eigenvalue weighted by Gasteiger charge is -2.13. The summed E-state index contributed by atoms with van der Waals surface area (Å²) < 4.78 is 10.9. The Balaban J connectivity index is 2.06. The van der Waals surface area contributed by atoms with Crippen molar-refractivity contribution in [1.29, 1.82) is 0 Å². The Kier molecular flexibility index (Phi) is 4.74. The smallest absolute Gasteiger partial charge is 0.226 e. The molecule has 2 aromatic rings. The molecule has 1 heterocycles. The van der Waals surface area contributed by atoms with E-state index < -0.39 is 0 Å². The first-order valence-corrected chi connectivity index (χ1v) is 6.90. The SMILES string of the molecule is CCCc1nc(COc2ccc(C)cc2C(C)N)no1. The predicted molar refractivity (Wildman–Crippen MR) is 76.4 cm³/mol. The number of aryl methyl sites for hydroxylation is 2. The molecule has 2 N–H and O–H groups in total. The molecule has 0 aliphatic heterocycles. The van der Waals surface area contributed by atoms with E-state index in [0.717, 1.165) is 29.7 Å². The fraction of sp³-hybridized carbons (Fsp3) is 0.467. The van der Waals surface area contributed by atoms with Crippen LogP contribution in [0.2, 0.25) is 0 Å². The van der Waals surface area contributed by atoms with Crippen LogP contribution in [0.4, 0.5) is 0 Å². The molecule has 0 aliphatic rings. The highest BCUT2D eigenvalue weighted by Crippen LogP contribution is 2.25. The van der Waals surface area contributed by atoms with E-state index in [1.54, 1.807) is 0 Å². The summed E-state index contributed by atoms with van der Waals surface area (Å²) in [4.78, 5) is 4.27. The summed E-state index contributed by atoms with van der Waals surface area (Å²) in [6.45, 7) is 6.33. The summed E-state index contributed by atoms with van der Waals surface area (Å²) in [6, 6.07) is 5.89. The van der Waals surface area contributed by atoms with Crippen molar-refractivity contribution in [3.05, 3.63) is 41.0 Å². The molecule has 0 radical (unpaired) electrons. The van der Waals surface area contributed by atoms with Gasteiger partial charge in [0.2, 0.25) is 11.7 Å². The maximum Gasteiger partial charge on any atom is 0.226 e. The van der Waals surface area contributed by atoms with Gasteiger partial charge in [0.15, 0.2) is 6.61 Å². The molecule has 20 heavy (non-hydrogen) atoms. The zero-order valence-corrected chi connectivity index (χ0v) is 12.2. The number of rotatable bonds is 6. The van der Waals surface area contributed by atoms with Crippen molar-refractivity contribution in [3.8, 4) is 5.75 Å².